The summed E-state index contributed by atoms with van der Waals surface area (Å²) in [6.45, 7) is 4.52. The molecule has 2 rings (SSSR count). The highest BCUT2D eigenvalue weighted by Gasteiger charge is 2.24. The van der Waals surface area contributed by atoms with Crippen LogP contribution in [0.1, 0.15) is 37.4 Å². The van der Waals surface area contributed by atoms with Crippen LogP contribution in [0.2, 0.25) is 0 Å². The number of benzene rings is 1. The van der Waals surface area contributed by atoms with Crippen molar-refractivity contribution in [3.05, 3.63) is 47.0 Å². The fraction of sp³-hybridized carbons (Fsp3) is 0.357. The molecule has 2 nitrogen and oxygen atoms in total. The zero-order valence-electron chi connectivity index (χ0n) is 10.3. The van der Waals surface area contributed by atoms with E-state index in [2.05, 4.69) is 54.5 Å². The van der Waals surface area contributed by atoms with Gasteiger partial charge < -0.3 is 0 Å². The smallest absolute Gasteiger partial charge is 0.278 e. The van der Waals surface area contributed by atoms with Crippen molar-refractivity contribution in [1.29, 1.82) is 0 Å². The molecule has 2 atom stereocenters. The summed E-state index contributed by atoms with van der Waals surface area (Å²) in [5.41, 5.74) is 8.39. The number of nitrogens with one attached hydrogen (secondary N) is 1. The van der Waals surface area contributed by atoms with Crippen molar-refractivity contribution in [2.24, 2.45) is 5.92 Å². The van der Waals surface area contributed by atoms with E-state index in [4.69, 9.17) is 5.73 Å². The van der Waals surface area contributed by atoms with Crippen molar-refractivity contribution < 1.29 is 4.98 Å². The Labute approximate surface area is 107 Å². The van der Waals surface area contributed by atoms with Crippen molar-refractivity contribution in [3.8, 4) is 0 Å². The quantitative estimate of drug-likeness (QED) is 0.884. The number of aromatic nitrogens is 1. The molecule has 0 amide bonds. The lowest BCUT2D eigenvalue weighted by Crippen LogP contribution is -2.20. The maximum atomic E-state index is 5.80. The molecule has 0 saturated carbocycles. The molecule has 0 aliphatic rings. The molecule has 1 aromatic carbocycles. The van der Waals surface area contributed by atoms with Crippen LogP contribution >= 0.6 is 11.3 Å². The molecule has 1 heterocycles. The number of nitrogens with two attached hydrogens (primary N) is 1. The maximum absolute atomic E-state index is 5.80. The normalized spacial score (nSPS) is 14.5. The Bertz CT molecular complexity index is 464. The van der Waals surface area contributed by atoms with Crippen molar-refractivity contribution in [1.82, 2.24) is 0 Å². The van der Waals surface area contributed by atoms with Gasteiger partial charge in [0.05, 0.1) is 0 Å². The van der Waals surface area contributed by atoms with Crippen LogP contribution in [0, 0.1) is 5.92 Å². The number of hydrogen-bond acceptors (Lipinski definition) is 2. The van der Waals surface area contributed by atoms with Crippen molar-refractivity contribution >= 4 is 16.5 Å². The zero-order valence-corrected chi connectivity index (χ0v) is 11.1. The first-order valence-electron chi connectivity index (χ1n) is 6.03. The summed E-state index contributed by atoms with van der Waals surface area (Å²) in [4.78, 5) is 3.29. The first-order valence-corrected chi connectivity index (χ1v) is 6.91. The molecule has 0 bridgehead atoms. The summed E-state index contributed by atoms with van der Waals surface area (Å²) in [6.07, 6.45) is 1.16. The third-order valence-electron chi connectivity index (χ3n) is 3.29. The molecule has 0 spiro atoms. The Balaban J connectivity index is 2.39. The van der Waals surface area contributed by atoms with Crippen LogP contribution in [0.5, 0.6) is 0 Å². The predicted octanol–water partition coefficient (Wildman–Crippen LogP) is 3.32. The van der Waals surface area contributed by atoms with E-state index in [-0.39, 0.29) is 0 Å². The van der Waals surface area contributed by atoms with Gasteiger partial charge in [-0.25, -0.2) is 4.98 Å². The van der Waals surface area contributed by atoms with E-state index in [1.165, 1.54) is 11.3 Å². The first kappa shape index (κ1) is 12.1. The first-order chi connectivity index (χ1) is 8.22. The van der Waals surface area contributed by atoms with Crippen LogP contribution in [0.25, 0.3) is 0 Å². The number of aromatic amines is 1. The van der Waals surface area contributed by atoms with Gasteiger partial charge in [-0.1, -0.05) is 61.9 Å². The largest absolute Gasteiger partial charge is 0.329 e. The molecule has 17 heavy (non-hydrogen) atoms. The minimum Gasteiger partial charge on any atom is -0.278 e. The van der Waals surface area contributed by atoms with E-state index in [9.17, 15) is 0 Å². The summed E-state index contributed by atoms with van der Waals surface area (Å²) in [6, 6.07) is 10.6. The molecule has 0 radical (unpaired) electrons. The van der Waals surface area contributed by atoms with Gasteiger partial charge in [0.15, 0.2) is 0 Å². The molecule has 0 fully saturated rings. The Morgan fingerprint density at radius 1 is 1.29 bits per heavy atom. The summed E-state index contributed by atoms with van der Waals surface area (Å²) in [7, 11) is 0. The zero-order chi connectivity index (χ0) is 12.3. The van der Waals surface area contributed by atoms with Crippen molar-refractivity contribution in [2.75, 3.05) is 5.73 Å². The van der Waals surface area contributed by atoms with Gasteiger partial charge in [0.25, 0.3) is 0 Å². The molecule has 0 aliphatic heterocycles. The lowest BCUT2D eigenvalue weighted by molar-refractivity contribution is -0.369. The number of nitrogen functional groups attached to an aromatic ring is 1. The fourth-order valence-electron chi connectivity index (χ4n) is 2.19. The topological polar surface area (TPSA) is 40.2 Å². The van der Waals surface area contributed by atoms with Gasteiger partial charge in [-0.3, -0.25) is 5.73 Å². The SMILES string of the molecule is CCC(C)C(c1ccccc1)c1csc(N)[nH+]1. The minimum atomic E-state index is 0.412. The average molecular weight is 247 g/mol. The summed E-state index contributed by atoms with van der Waals surface area (Å²) >= 11 is 1.58. The third kappa shape index (κ3) is 2.67. The van der Waals surface area contributed by atoms with Gasteiger partial charge in [-0.05, 0) is 11.5 Å². The van der Waals surface area contributed by atoms with Crippen LogP contribution < -0.4 is 10.7 Å². The van der Waals surface area contributed by atoms with Gasteiger partial charge >= 0.3 is 5.13 Å². The van der Waals surface area contributed by atoms with E-state index in [0.717, 1.165) is 11.6 Å². The molecule has 0 aliphatic carbocycles. The summed E-state index contributed by atoms with van der Waals surface area (Å²) in [5, 5.41) is 2.92. The van der Waals surface area contributed by atoms with Crippen LogP contribution in [0.3, 0.4) is 0 Å². The highest BCUT2D eigenvalue weighted by molar-refractivity contribution is 7.13. The molecule has 1 aromatic heterocycles. The lowest BCUT2D eigenvalue weighted by Gasteiger charge is -2.20. The van der Waals surface area contributed by atoms with Crippen LogP contribution in [0.15, 0.2) is 35.7 Å². The molecule has 2 aromatic rings. The number of anilines is 1. The molecule has 0 saturated heterocycles. The van der Waals surface area contributed by atoms with E-state index in [1.54, 1.807) is 11.3 Å². The number of rotatable bonds is 4. The highest BCUT2D eigenvalue weighted by atomic mass is 32.1. The monoisotopic (exact) mass is 247 g/mol. The minimum absolute atomic E-state index is 0.412. The molecule has 3 N–H and O–H groups in total. The number of thiazole rings is 1. The number of H-pyrrole nitrogens is 1. The predicted molar refractivity (Wildman–Crippen MR) is 73.0 cm³/mol. The third-order valence-corrected chi connectivity index (χ3v) is 4.01. The van der Waals surface area contributed by atoms with Crippen molar-refractivity contribution in [3.63, 3.8) is 0 Å². The second-order valence-corrected chi connectivity index (χ2v) is 5.37. The van der Waals surface area contributed by atoms with Gasteiger partial charge in [0, 0.05) is 11.3 Å². The van der Waals surface area contributed by atoms with Crippen LogP contribution in [-0.4, -0.2) is 0 Å². The highest BCUT2D eigenvalue weighted by Crippen LogP contribution is 2.32. The Hall–Kier alpha value is -1.35. The summed E-state index contributed by atoms with van der Waals surface area (Å²) in [5.74, 6) is 1.01. The van der Waals surface area contributed by atoms with Crippen LogP contribution in [0.4, 0.5) is 5.13 Å². The fourth-order valence-corrected chi connectivity index (χ4v) is 2.83. The molecule has 90 valence electrons. The second kappa shape index (κ2) is 5.32. The molecular weight excluding hydrogens is 228 g/mol. The summed E-state index contributed by atoms with van der Waals surface area (Å²) < 4.78 is 0. The van der Waals surface area contributed by atoms with Gasteiger partial charge in [0.2, 0.25) is 0 Å². The molecule has 3 heteroatoms. The Kier molecular flexibility index (Phi) is 3.79. The van der Waals surface area contributed by atoms with E-state index in [0.29, 0.717) is 11.8 Å². The van der Waals surface area contributed by atoms with Crippen molar-refractivity contribution in [2.45, 2.75) is 26.2 Å². The Morgan fingerprint density at radius 3 is 2.53 bits per heavy atom. The van der Waals surface area contributed by atoms with Gasteiger partial charge in [0.1, 0.15) is 5.69 Å². The van der Waals surface area contributed by atoms with Crippen LogP contribution in [-0.2, 0) is 0 Å². The van der Waals surface area contributed by atoms with E-state index < -0.39 is 0 Å². The van der Waals surface area contributed by atoms with E-state index in [1.807, 2.05) is 0 Å². The van der Waals surface area contributed by atoms with E-state index >= 15 is 0 Å². The number of hydrogen-bond donors (Lipinski definition) is 1. The Morgan fingerprint density at radius 2 is 2.00 bits per heavy atom. The molecule has 2 unspecified atom stereocenters. The second-order valence-electron chi connectivity index (χ2n) is 4.45. The lowest BCUT2D eigenvalue weighted by atomic mass is 9.84. The maximum Gasteiger partial charge on any atom is 0.329 e. The standard InChI is InChI=1S/C14H18N2S/c1-3-10(2)13(11-7-5-4-6-8-11)12-9-17-14(15)16-12/h4-10,13H,3H2,1-2H3,(H2,15,16)/p+1. The average Bonchev–Trinajstić information content (AvgIpc) is 2.77. The van der Waals surface area contributed by atoms with Gasteiger partial charge in [-0.15, -0.1) is 0 Å². The molecular formula is C14H19N2S+. The van der Waals surface area contributed by atoms with Gasteiger partial charge in [-0.2, -0.15) is 0 Å².